The van der Waals surface area contributed by atoms with Gasteiger partial charge >= 0.3 is 0 Å². The molecule has 0 radical (unpaired) electrons. The average Bonchev–Trinajstić information content (AvgIpc) is 3.41. The molecule has 6 nitrogen and oxygen atoms in total. The van der Waals surface area contributed by atoms with Crippen LogP contribution in [0.1, 0.15) is 89.4 Å². The number of carbonyl (C=O) groups is 1. The number of aromatic nitrogens is 1. The van der Waals surface area contributed by atoms with Crippen LogP contribution in [0.4, 0.5) is 0 Å². The minimum atomic E-state index is -0.0316. The van der Waals surface area contributed by atoms with Crippen LogP contribution in [0.3, 0.4) is 0 Å². The van der Waals surface area contributed by atoms with Crippen molar-refractivity contribution in [3.05, 3.63) is 51.3 Å². The second-order valence-electron chi connectivity index (χ2n) is 8.95. The van der Waals surface area contributed by atoms with E-state index in [9.17, 15) is 9.90 Å². The largest absolute Gasteiger partial charge is 0.507 e. The maximum absolute atomic E-state index is 13.3. The van der Waals surface area contributed by atoms with Crippen molar-refractivity contribution >= 4 is 24.0 Å². The molecule has 0 bridgehead atoms. The van der Waals surface area contributed by atoms with Crippen LogP contribution in [-0.2, 0) is 13.0 Å². The smallest absolute Gasteiger partial charge is 0.182 e. The number of carbonyl (C=O) groups excluding carboxylic acids is 1. The first-order chi connectivity index (χ1) is 15.3. The van der Waals surface area contributed by atoms with E-state index in [4.69, 9.17) is 10.1 Å². The van der Waals surface area contributed by atoms with Crippen molar-refractivity contribution < 1.29 is 14.6 Å². The summed E-state index contributed by atoms with van der Waals surface area (Å²) < 4.78 is 5.77. The Bertz CT molecular complexity index is 1080. The molecule has 1 saturated carbocycles. The third-order valence-corrected chi connectivity index (χ3v) is 6.92. The fourth-order valence-corrected chi connectivity index (χ4v) is 5.14. The molecule has 7 heteroatoms. The summed E-state index contributed by atoms with van der Waals surface area (Å²) >= 11 is 0. The van der Waals surface area contributed by atoms with E-state index in [1.807, 2.05) is 39.8 Å². The van der Waals surface area contributed by atoms with E-state index in [0.29, 0.717) is 42.5 Å². The second kappa shape index (κ2) is 10.1. The molecule has 0 spiro atoms. The molecule has 0 amide bonds. The molecule has 2 aromatic rings. The van der Waals surface area contributed by atoms with Gasteiger partial charge in [-0.15, -0.1) is 12.4 Å². The zero-order valence-corrected chi connectivity index (χ0v) is 20.8. The number of fused-ring (bicyclic) bond motifs is 1. The highest BCUT2D eigenvalue weighted by Gasteiger charge is 2.31. The van der Waals surface area contributed by atoms with Crippen molar-refractivity contribution in [2.45, 2.75) is 72.3 Å². The van der Waals surface area contributed by atoms with Crippen LogP contribution in [0.25, 0.3) is 0 Å². The lowest BCUT2D eigenvalue weighted by molar-refractivity contribution is 0.0962. The van der Waals surface area contributed by atoms with Crippen LogP contribution >= 0.6 is 12.4 Å². The summed E-state index contributed by atoms with van der Waals surface area (Å²) in [6, 6.07) is 3.71. The number of benzene rings is 1. The number of Topliss-reactive ketones (excluding diaryl/α,β-unsaturated/α-hetero) is 1. The van der Waals surface area contributed by atoms with Crippen LogP contribution in [-0.4, -0.2) is 39.8 Å². The molecule has 0 atom stereocenters. The molecule has 0 saturated heterocycles. The Labute approximate surface area is 202 Å². The number of aromatic hydroxyl groups is 1. The van der Waals surface area contributed by atoms with Gasteiger partial charge in [0.2, 0.25) is 0 Å². The highest BCUT2D eigenvalue weighted by Crippen LogP contribution is 2.41. The Morgan fingerprint density at radius 2 is 1.94 bits per heavy atom. The van der Waals surface area contributed by atoms with Gasteiger partial charge in [-0.3, -0.25) is 10.2 Å². The summed E-state index contributed by atoms with van der Waals surface area (Å²) in [5.74, 6) is 1.72. The topological polar surface area (TPSA) is 86.5 Å². The normalized spacial score (nSPS) is 15.5. The highest BCUT2D eigenvalue weighted by atomic mass is 35.5. The van der Waals surface area contributed by atoms with Gasteiger partial charge in [-0.25, -0.2) is 4.98 Å². The lowest BCUT2D eigenvalue weighted by Crippen LogP contribution is -2.30. The number of nitrogens with one attached hydrogen (secondary N) is 1. The fourth-order valence-electron chi connectivity index (χ4n) is 5.14. The maximum atomic E-state index is 13.3. The number of hydrogen-bond acceptors (Lipinski definition) is 5. The van der Waals surface area contributed by atoms with Gasteiger partial charge < -0.3 is 14.7 Å². The van der Waals surface area contributed by atoms with E-state index >= 15 is 0 Å². The molecule has 2 N–H and O–H groups in total. The first kappa shape index (κ1) is 25.0. The molecule has 1 fully saturated rings. The van der Waals surface area contributed by atoms with E-state index in [1.54, 1.807) is 4.90 Å². The van der Waals surface area contributed by atoms with Crippen molar-refractivity contribution in [3.8, 4) is 11.5 Å². The van der Waals surface area contributed by atoms with Gasteiger partial charge in [0.25, 0.3) is 0 Å². The summed E-state index contributed by atoms with van der Waals surface area (Å²) in [6.45, 7) is 9.00. The Kier molecular flexibility index (Phi) is 7.68. The molecule has 2 aliphatic rings. The minimum absolute atomic E-state index is 0. The van der Waals surface area contributed by atoms with Crippen molar-refractivity contribution in [2.75, 3.05) is 13.2 Å². The number of phenols is 1. The summed E-state index contributed by atoms with van der Waals surface area (Å²) in [5, 5.41) is 19.4. The molecule has 178 valence electrons. The third kappa shape index (κ3) is 4.58. The first-order valence-corrected chi connectivity index (χ1v) is 11.7. The molecule has 0 unspecified atom stereocenters. The number of hydrogen-bond donors (Lipinski definition) is 2. The number of ether oxygens (including phenoxy) is 1. The summed E-state index contributed by atoms with van der Waals surface area (Å²) in [5.41, 5.74) is 5.74. The zero-order valence-electron chi connectivity index (χ0n) is 20.0. The van der Waals surface area contributed by atoms with E-state index in [-0.39, 0.29) is 30.6 Å². The number of aryl methyl sites for hydroxylation is 2. The van der Waals surface area contributed by atoms with Crippen LogP contribution in [0.2, 0.25) is 0 Å². The van der Waals surface area contributed by atoms with Crippen LogP contribution in [0, 0.1) is 19.3 Å². The van der Waals surface area contributed by atoms with Gasteiger partial charge in [0.15, 0.2) is 5.78 Å². The van der Waals surface area contributed by atoms with Crippen molar-refractivity contribution in [1.82, 2.24) is 9.88 Å². The predicted molar refractivity (Wildman–Crippen MR) is 132 cm³/mol. The van der Waals surface area contributed by atoms with Gasteiger partial charge in [-0.05, 0) is 69.2 Å². The lowest BCUT2D eigenvalue weighted by atomic mass is 9.90. The molecule has 1 aromatic heterocycles. The standard InChI is InChI=1S/C26H33N3O3.ClH/c1-5-17-11-19(12-20(24(17)31)18-9-7-8-10-18)22(30)14-29-13-21-15(3)25(32-6-2)16(4)28-23(21)26(29)27;/h11-12,18,27,31H,5-10,13-14H2,1-4H3;1H. The highest BCUT2D eigenvalue weighted by molar-refractivity contribution is 6.04. The van der Waals surface area contributed by atoms with Gasteiger partial charge in [-0.2, -0.15) is 0 Å². The monoisotopic (exact) mass is 471 g/mol. The quantitative estimate of drug-likeness (QED) is 0.523. The Balaban J connectivity index is 0.00000306. The van der Waals surface area contributed by atoms with E-state index in [1.165, 1.54) is 12.8 Å². The number of rotatable bonds is 7. The van der Waals surface area contributed by atoms with Crippen LogP contribution < -0.4 is 4.74 Å². The number of halogens is 1. The summed E-state index contributed by atoms with van der Waals surface area (Å²) in [6.07, 6.45) is 5.14. The summed E-state index contributed by atoms with van der Waals surface area (Å²) in [4.78, 5) is 19.7. The number of phenolic OH excluding ortho intramolecular Hbond substituents is 1. The van der Waals surface area contributed by atoms with Gasteiger partial charge in [0.05, 0.1) is 18.8 Å². The van der Waals surface area contributed by atoms with Crippen molar-refractivity contribution in [2.24, 2.45) is 0 Å². The first-order valence-electron chi connectivity index (χ1n) is 11.7. The number of pyridine rings is 1. The minimum Gasteiger partial charge on any atom is -0.507 e. The predicted octanol–water partition coefficient (Wildman–Crippen LogP) is 5.47. The Hall–Kier alpha value is -2.60. The fraction of sp³-hybridized carbons (Fsp3) is 0.500. The third-order valence-electron chi connectivity index (χ3n) is 6.92. The zero-order chi connectivity index (χ0) is 23.0. The molecular weight excluding hydrogens is 438 g/mol. The molecule has 1 aliphatic carbocycles. The van der Waals surface area contributed by atoms with Gasteiger partial charge in [0, 0.05) is 23.2 Å². The van der Waals surface area contributed by atoms with Crippen LogP contribution in [0.15, 0.2) is 12.1 Å². The van der Waals surface area contributed by atoms with Gasteiger partial charge in [0.1, 0.15) is 23.0 Å². The second-order valence-corrected chi connectivity index (χ2v) is 8.95. The van der Waals surface area contributed by atoms with E-state index < -0.39 is 0 Å². The molecular formula is C26H34ClN3O3. The Morgan fingerprint density at radius 1 is 1.24 bits per heavy atom. The molecule has 1 aromatic carbocycles. The van der Waals surface area contributed by atoms with Crippen LogP contribution in [0.5, 0.6) is 11.5 Å². The van der Waals surface area contributed by atoms with E-state index in [2.05, 4.69) is 4.98 Å². The average molecular weight is 472 g/mol. The lowest BCUT2D eigenvalue weighted by Gasteiger charge is -2.19. The Morgan fingerprint density at radius 3 is 2.58 bits per heavy atom. The maximum Gasteiger partial charge on any atom is 0.182 e. The van der Waals surface area contributed by atoms with Gasteiger partial charge in [-0.1, -0.05) is 19.8 Å². The van der Waals surface area contributed by atoms with Crippen molar-refractivity contribution in [1.29, 1.82) is 5.41 Å². The molecule has 1 aliphatic heterocycles. The number of nitrogens with zero attached hydrogens (tertiary/aromatic N) is 2. The molecule has 4 rings (SSSR count). The summed E-state index contributed by atoms with van der Waals surface area (Å²) in [7, 11) is 0. The van der Waals surface area contributed by atoms with E-state index in [0.717, 1.165) is 46.5 Å². The molecule has 2 heterocycles. The SMILES string of the molecule is CCOc1c(C)nc2c(c1C)CN(CC(=O)c1cc(CC)c(O)c(C3CCCC3)c1)C2=N.Cl. The number of ketones is 1. The number of amidine groups is 1. The van der Waals surface area contributed by atoms with Crippen molar-refractivity contribution in [3.63, 3.8) is 0 Å². The molecule has 33 heavy (non-hydrogen) atoms.